The summed E-state index contributed by atoms with van der Waals surface area (Å²) < 4.78 is 0. The van der Waals surface area contributed by atoms with Gasteiger partial charge in [-0.3, -0.25) is 14.9 Å². The molecular formula is C17H14N2O2. The Bertz CT molecular complexity index is 706. The number of hydrogen-bond acceptors (Lipinski definition) is 3. The lowest BCUT2D eigenvalue weighted by atomic mass is 10.0. The van der Waals surface area contributed by atoms with Crippen molar-refractivity contribution in [2.75, 3.05) is 0 Å². The van der Waals surface area contributed by atoms with Gasteiger partial charge in [0.1, 0.15) is 5.70 Å². The van der Waals surface area contributed by atoms with Gasteiger partial charge >= 0.3 is 0 Å². The Kier molecular flexibility index (Phi) is 3.51. The zero-order chi connectivity index (χ0) is 14.7. The molecule has 1 aliphatic heterocycles. The molecule has 0 saturated carbocycles. The van der Waals surface area contributed by atoms with E-state index in [4.69, 9.17) is 0 Å². The molecule has 0 atom stereocenters. The average molecular weight is 278 g/mol. The number of rotatable bonds is 4. The molecule has 4 heteroatoms. The predicted molar refractivity (Wildman–Crippen MR) is 79.8 cm³/mol. The predicted octanol–water partition coefficient (Wildman–Crippen LogP) is 1.84. The molecule has 21 heavy (non-hydrogen) atoms. The fourth-order valence-corrected chi connectivity index (χ4v) is 2.29. The second kappa shape index (κ2) is 5.63. The number of carbonyl (C=O) groups is 2. The van der Waals surface area contributed by atoms with Crippen molar-refractivity contribution in [2.24, 2.45) is 0 Å². The molecule has 104 valence electrons. The van der Waals surface area contributed by atoms with E-state index in [0.29, 0.717) is 17.8 Å². The molecule has 2 aromatic rings. The third-order valence-corrected chi connectivity index (χ3v) is 3.31. The summed E-state index contributed by atoms with van der Waals surface area (Å²) in [6.07, 6.45) is 0. The second-order valence-corrected chi connectivity index (χ2v) is 4.74. The average Bonchev–Trinajstić information content (AvgIpc) is 2.81. The Morgan fingerprint density at radius 3 is 2.10 bits per heavy atom. The Balaban J connectivity index is 1.90. The van der Waals surface area contributed by atoms with Gasteiger partial charge in [0.25, 0.3) is 11.8 Å². The maximum Gasteiger partial charge on any atom is 0.275 e. The van der Waals surface area contributed by atoms with E-state index in [1.54, 1.807) is 0 Å². The minimum Gasteiger partial charge on any atom is -0.376 e. The van der Waals surface area contributed by atoms with Gasteiger partial charge in [-0.05, 0) is 11.1 Å². The van der Waals surface area contributed by atoms with E-state index in [1.165, 1.54) is 0 Å². The third-order valence-electron chi connectivity index (χ3n) is 3.31. The highest BCUT2D eigenvalue weighted by molar-refractivity contribution is 6.35. The van der Waals surface area contributed by atoms with Crippen molar-refractivity contribution in [1.29, 1.82) is 0 Å². The van der Waals surface area contributed by atoms with Crippen LogP contribution >= 0.6 is 0 Å². The molecular weight excluding hydrogens is 264 g/mol. The van der Waals surface area contributed by atoms with E-state index in [0.717, 1.165) is 11.1 Å². The molecule has 0 bridgehead atoms. The molecule has 0 spiro atoms. The van der Waals surface area contributed by atoms with Crippen LogP contribution in [0.1, 0.15) is 11.1 Å². The molecule has 2 aromatic carbocycles. The molecule has 4 nitrogen and oxygen atoms in total. The number of carbonyl (C=O) groups excluding carboxylic acids is 2. The maximum atomic E-state index is 12.0. The van der Waals surface area contributed by atoms with E-state index in [2.05, 4.69) is 10.6 Å². The minimum atomic E-state index is -0.380. The molecule has 0 radical (unpaired) electrons. The molecule has 0 unspecified atom stereocenters. The minimum absolute atomic E-state index is 0.329. The zero-order valence-corrected chi connectivity index (χ0v) is 11.3. The summed E-state index contributed by atoms with van der Waals surface area (Å²) in [4.78, 5) is 23.9. The summed E-state index contributed by atoms with van der Waals surface area (Å²) in [5.74, 6) is -0.739. The quantitative estimate of drug-likeness (QED) is 0.839. The van der Waals surface area contributed by atoms with Crippen LogP contribution in [-0.2, 0) is 16.1 Å². The zero-order valence-electron chi connectivity index (χ0n) is 11.3. The Morgan fingerprint density at radius 1 is 0.810 bits per heavy atom. The van der Waals surface area contributed by atoms with Crippen LogP contribution in [0.4, 0.5) is 0 Å². The van der Waals surface area contributed by atoms with E-state index < -0.39 is 0 Å². The van der Waals surface area contributed by atoms with Crippen molar-refractivity contribution in [3.05, 3.63) is 77.5 Å². The fraction of sp³-hybridized carbons (Fsp3) is 0.0588. The third kappa shape index (κ3) is 2.69. The first kappa shape index (κ1) is 13.1. The van der Waals surface area contributed by atoms with Gasteiger partial charge in [0.05, 0.1) is 5.57 Å². The molecule has 1 heterocycles. The van der Waals surface area contributed by atoms with Crippen LogP contribution in [0.25, 0.3) is 5.57 Å². The molecule has 0 fully saturated rings. The number of hydrogen-bond donors (Lipinski definition) is 2. The summed E-state index contributed by atoms with van der Waals surface area (Å²) in [6, 6.07) is 18.9. The van der Waals surface area contributed by atoms with Gasteiger partial charge in [-0.25, -0.2) is 0 Å². The number of benzene rings is 2. The van der Waals surface area contributed by atoms with Gasteiger partial charge in [-0.1, -0.05) is 60.7 Å². The smallest absolute Gasteiger partial charge is 0.275 e. The second-order valence-electron chi connectivity index (χ2n) is 4.74. The lowest BCUT2D eigenvalue weighted by Gasteiger charge is -2.08. The van der Waals surface area contributed by atoms with Crippen LogP contribution < -0.4 is 10.6 Å². The first-order valence-corrected chi connectivity index (χ1v) is 6.69. The molecule has 0 aromatic heterocycles. The summed E-state index contributed by atoms with van der Waals surface area (Å²) >= 11 is 0. The fourth-order valence-electron chi connectivity index (χ4n) is 2.29. The molecule has 2 N–H and O–H groups in total. The number of nitrogens with one attached hydrogen (secondary N) is 2. The highest BCUT2D eigenvalue weighted by atomic mass is 16.2. The van der Waals surface area contributed by atoms with Crippen molar-refractivity contribution in [1.82, 2.24) is 10.6 Å². The lowest BCUT2D eigenvalue weighted by molar-refractivity contribution is -0.123. The van der Waals surface area contributed by atoms with Gasteiger partial charge in [0.2, 0.25) is 0 Å². The van der Waals surface area contributed by atoms with Crippen LogP contribution in [-0.4, -0.2) is 11.8 Å². The van der Waals surface area contributed by atoms with E-state index in [9.17, 15) is 9.59 Å². The van der Waals surface area contributed by atoms with Crippen LogP contribution in [0, 0.1) is 0 Å². The Hall–Kier alpha value is -2.88. The molecule has 0 aliphatic carbocycles. The van der Waals surface area contributed by atoms with Crippen LogP contribution in [0.15, 0.2) is 66.4 Å². The van der Waals surface area contributed by atoms with Crippen molar-refractivity contribution in [3.8, 4) is 0 Å². The van der Waals surface area contributed by atoms with E-state index in [1.807, 2.05) is 60.7 Å². The number of amides is 2. The standard InChI is InChI=1S/C17H14N2O2/c20-16-14(13-9-5-2-6-10-13)15(17(21)19-16)18-11-12-7-3-1-4-8-12/h1-10H,11H2,(H2,18,19,20,21). The van der Waals surface area contributed by atoms with E-state index in [-0.39, 0.29) is 11.8 Å². The Labute approximate surface area is 122 Å². The van der Waals surface area contributed by atoms with Gasteiger partial charge in [-0.15, -0.1) is 0 Å². The maximum absolute atomic E-state index is 12.0. The summed E-state index contributed by atoms with van der Waals surface area (Å²) in [7, 11) is 0. The van der Waals surface area contributed by atoms with Gasteiger partial charge in [0.15, 0.2) is 0 Å². The topological polar surface area (TPSA) is 58.2 Å². The van der Waals surface area contributed by atoms with Crippen molar-refractivity contribution < 1.29 is 9.59 Å². The lowest BCUT2D eigenvalue weighted by Crippen LogP contribution is -2.27. The molecule has 3 rings (SSSR count). The van der Waals surface area contributed by atoms with Crippen LogP contribution in [0.3, 0.4) is 0 Å². The van der Waals surface area contributed by atoms with Crippen LogP contribution in [0.2, 0.25) is 0 Å². The summed E-state index contributed by atoms with van der Waals surface area (Å²) in [5, 5.41) is 5.41. The first-order valence-electron chi connectivity index (χ1n) is 6.69. The van der Waals surface area contributed by atoms with Crippen molar-refractivity contribution >= 4 is 17.4 Å². The van der Waals surface area contributed by atoms with E-state index >= 15 is 0 Å². The largest absolute Gasteiger partial charge is 0.376 e. The molecule has 1 aliphatic rings. The number of imide groups is 1. The van der Waals surface area contributed by atoms with Gasteiger partial charge in [0, 0.05) is 6.54 Å². The molecule has 2 amide bonds. The van der Waals surface area contributed by atoms with Gasteiger partial charge < -0.3 is 5.32 Å². The first-order chi connectivity index (χ1) is 10.3. The van der Waals surface area contributed by atoms with Crippen molar-refractivity contribution in [3.63, 3.8) is 0 Å². The molecule has 0 saturated heterocycles. The normalized spacial score (nSPS) is 14.3. The van der Waals surface area contributed by atoms with Crippen molar-refractivity contribution in [2.45, 2.75) is 6.54 Å². The summed E-state index contributed by atoms with van der Waals surface area (Å²) in [5.41, 5.74) is 2.51. The highest BCUT2D eigenvalue weighted by Gasteiger charge is 2.30. The SMILES string of the molecule is O=C1NC(=O)C(c2ccccc2)=C1NCc1ccccc1. The van der Waals surface area contributed by atoms with Gasteiger partial charge in [-0.2, -0.15) is 0 Å². The summed E-state index contributed by atoms with van der Waals surface area (Å²) in [6.45, 7) is 0.493. The monoisotopic (exact) mass is 278 g/mol. The highest BCUT2D eigenvalue weighted by Crippen LogP contribution is 2.22. The Morgan fingerprint density at radius 2 is 1.43 bits per heavy atom. The van der Waals surface area contributed by atoms with Crippen LogP contribution in [0.5, 0.6) is 0 Å².